The van der Waals surface area contributed by atoms with Gasteiger partial charge in [-0.3, -0.25) is 0 Å². The van der Waals surface area contributed by atoms with E-state index in [9.17, 15) is 5.26 Å². The second-order valence-corrected chi connectivity index (χ2v) is 14.4. The Kier molecular flexibility index (Phi) is 7.76. The molecule has 0 spiro atoms. The molecule has 0 aliphatic rings. The molecule has 0 atom stereocenters. The van der Waals surface area contributed by atoms with Gasteiger partial charge in [0, 0.05) is 38.2 Å². The molecule has 6 heteroatoms. The van der Waals surface area contributed by atoms with Crippen molar-refractivity contribution in [3.8, 4) is 62.7 Å². The summed E-state index contributed by atoms with van der Waals surface area (Å²) in [7, 11) is 0. The van der Waals surface area contributed by atoms with Crippen molar-refractivity contribution in [3.63, 3.8) is 0 Å². The number of aromatic nitrogens is 5. The second-order valence-electron chi connectivity index (χ2n) is 14.4. The molecule has 0 aliphatic carbocycles. The normalized spacial score (nSPS) is 11.4. The van der Waals surface area contributed by atoms with Crippen molar-refractivity contribution in [1.29, 1.82) is 5.26 Å². The number of rotatable bonds is 6. The van der Waals surface area contributed by atoms with Gasteiger partial charge in [0.05, 0.1) is 39.0 Å². The monoisotopic (exact) mass is 740 g/mol. The van der Waals surface area contributed by atoms with E-state index in [-0.39, 0.29) is 0 Å². The zero-order valence-electron chi connectivity index (χ0n) is 31.2. The third-order valence-corrected chi connectivity index (χ3v) is 11.0. The van der Waals surface area contributed by atoms with Crippen LogP contribution in [-0.2, 0) is 0 Å². The fraction of sp³-hybridized carbons (Fsp3) is 0. The first-order chi connectivity index (χ1) is 28.7. The number of fused-ring (bicyclic) bond motifs is 6. The molecule has 0 fully saturated rings. The highest BCUT2D eigenvalue weighted by atomic mass is 15.1. The summed E-state index contributed by atoms with van der Waals surface area (Å²) in [5, 5.41) is 15.1. The average Bonchev–Trinajstić information content (AvgIpc) is 3.82. The second kappa shape index (κ2) is 13.6. The molecule has 0 saturated carbocycles. The zero-order valence-corrected chi connectivity index (χ0v) is 31.2. The van der Waals surface area contributed by atoms with Crippen LogP contribution >= 0.6 is 0 Å². The van der Waals surface area contributed by atoms with Crippen molar-refractivity contribution >= 4 is 43.6 Å². The molecular formula is C52H32N6. The van der Waals surface area contributed by atoms with Gasteiger partial charge in [0.25, 0.3) is 0 Å². The molecule has 11 rings (SSSR count). The molecule has 0 amide bonds. The predicted octanol–water partition coefficient (Wildman–Crippen LogP) is 12.6. The summed E-state index contributed by atoms with van der Waals surface area (Å²) in [5.41, 5.74) is 11.2. The van der Waals surface area contributed by atoms with Gasteiger partial charge in [-0.2, -0.15) is 5.26 Å². The van der Waals surface area contributed by atoms with Crippen LogP contribution in [0.1, 0.15) is 5.56 Å². The average molecular weight is 741 g/mol. The van der Waals surface area contributed by atoms with E-state index in [1.807, 2.05) is 72.8 Å². The first kappa shape index (κ1) is 33.2. The van der Waals surface area contributed by atoms with E-state index in [1.54, 1.807) is 0 Å². The van der Waals surface area contributed by atoms with Gasteiger partial charge >= 0.3 is 0 Å². The summed E-state index contributed by atoms with van der Waals surface area (Å²) >= 11 is 0. The van der Waals surface area contributed by atoms with Gasteiger partial charge in [-0.15, -0.1) is 0 Å². The van der Waals surface area contributed by atoms with Crippen molar-refractivity contribution in [2.75, 3.05) is 0 Å². The minimum absolute atomic E-state index is 0.558. The summed E-state index contributed by atoms with van der Waals surface area (Å²) in [5.74, 6) is 1.74. The topological polar surface area (TPSA) is 72.3 Å². The fourth-order valence-corrected chi connectivity index (χ4v) is 8.37. The standard InChI is InChI=1S/C52H32N6/c53-33-38-28-27-37(32-49(38)58-46-25-13-9-21-41(46)42-22-10-14-26-47(42)58)36-29-30-48(57-44-23-11-7-19-39(44)40-20-8-12-24-45(40)57)43(31-36)52-55-50(34-15-3-1-4-16-34)54-51(56-52)35-17-5-2-6-18-35/h1-32H. The number of hydrogen-bond acceptors (Lipinski definition) is 4. The molecule has 0 saturated heterocycles. The Morgan fingerprint density at radius 3 is 1.22 bits per heavy atom. The Balaban J connectivity index is 1.19. The summed E-state index contributed by atoms with van der Waals surface area (Å²) in [6.45, 7) is 0. The van der Waals surface area contributed by atoms with Gasteiger partial charge in [0.2, 0.25) is 0 Å². The van der Waals surface area contributed by atoms with Crippen molar-refractivity contribution in [2.45, 2.75) is 0 Å². The van der Waals surface area contributed by atoms with Crippen LogP contribution < -0.4 is 0 Å². The lowest BCUT2D eigenvalue weighted by Gasteiger charge is -2.17. The van der Waals surface area contributed by atoms with Crippen LogP contribution in [0.2, 0.25) is 0 Å². The largest absolute Gasteiger partial charge is 0.309 e. The van der Waals surface area contributed by atoms with Crippen LogP contribution in [0, 0.1) is 11.3 Å². The molecule has 270 valence electrons. The third-order valence-electron chi connectivity index (χ3n) is 11.0. The summed E-state index contributed by atoms with van der Waals surface area (Å²) in [6.07, 6.45) is 0. The highest BCUT2D eigenvalue weighted by Crippen LogP contribution is 2.40. The predicted molar refractivity (Wildman–Crippen MR) is 235 cm³/mol. The highest BCUT2D eigenvalue weighted by molar-refractivity contribution is 6.10. The Morgan fingerprint density at radius 2 is 0.741 bits per heavy atom. The summed E-state index contributed by atoms with van der Waals surface area (Å²) in [4.78, 5) is 15.5. The maximum absolute atomic E-state index is 10.5. The molecule has 6 nitrogen and oxygen atoms in total. The SMILES string of the molecule is N#Cc1ccc(-c2ccc(-n3c4ccccc4c4ccccc43)c(-c3nc(-c4ccccc4)nc(-c4ccccc4)n3)c2)cc1-n1c2ccccc2c2ccccc21. The van der Waals surface area contributed by atoms with Crippen molar-refractivity contribution < 1.29 is 0 Å². The smallest absolute Gasteiger partial charge is 0.166 e. The van der Waals surface area contributed by atoms with Gasteiger partial charge in [0.15, 0.2) is 17.5 Å². The van der Waals surface area contributed by atoms with E-state index in [0.717, 1.165) is 72.0 Å². The van der Waals surface area contributed by atoms with Crippen molar-refractivity contribution in [3.05, 3.63) is 200 Å². The molecule has 58 heavy (non-hydrogen) atoms. The molecule has 11 aromatic rings. The van der Waals surface area contributed by atoms with E-state index in [0.29, 0.717) is 23.0 Å². The van der Waals surface area contributed by atoms with Crippen molar-refractivity contribution in [1.82, 2.24) is 24.1 Å². The van der Waals surface area contributed by atoms with Gasteiger partial charge in [0.1, 0.15) is 6.07 Å². The minimum Gasteiger partial charge on any atom is -0.309 e. The highest BCUT2D eigenvalue weighted by Gasteiger charge is 2.21. The van der Waals surface area contributed by atoms with Crippen LogP contribution in [0.15, 0.2) is 194 Å². The number of hydrogen-bond donors (Lipinski definition) is 0. The third kappa shape index (κ3) is 5.37. The Hall–Kier alpha value is -8.14. The molecule has 8 aromatic carbocycles. The van der Waals surface area contributed by atoms with Crippen molar-refractivity contribution in [2.24, 2.45) is 0 Å². The fourth-order valence-electron chi connectivity index (χ4n) is 8.37. The zero-order chi connectivity index (χ0) is 38.6. The summed E-state index contributed by atoms with van der Waals surface area (Å²) < 4.78 is 4.53. The number of nitriles is 1. The van der Waals surface area contributed by atoms with E-state index in [1.165, 1.54) is 10.8 Å². The van der Waals surface area contributed by atoms with E-state index in [4.69, 9.17) is 15.0 Å². The molecule has 0 aliphatic heterocycles. The van der Waals surface area contributed by atoms with Crippen LogP contribution in [0.5, 0.6) is 0 Å². The molecule has 0 radical (unpaired) electrons. The molecule has 0 bridgehead atoms. The molecule has 0 N–H and O–H groups in total. The van der Waals surface area contributed by atoms with E-state index < -0.39 is 0 Å². The number of benzene rings is 8. The number of nitrogens with zero attached hydrogens (tertiary/aromatic N) is 6. The lowest BCUT2D eigenvalue weighted by Crippen LogP contribution is -2.04. The minimum atomic E-state index is 0.558. The van der Waals surface area contributed by atoms with Gasteiger partial charge in [-0.25, -0.2) is 15.0 Å². The Labute approximate surface area is 334 Å². The van der Waals surface area contributed by atoms with Crippen LogP contribution in [0.4, 0.5) is 0 Å². The number of para-hydroxylation sites is 4. The van der Waals surface area contributed by atoms with E-state index >= 15 is 0 Å². The van der Waals surface area contributed by atoms with Gasteiger partial charge < -0.3 is 9.13 Å². The first-order valence-corrected chi connectivity index (χ1v) is 19.3. The van der Waals surface area contributed by atoms with Crippen LogP contribution in [0.25, 0.3) is 100 Å². The maximum Gasteiger partial charge on any atom is 0.166 e. The quantitative estimate of drug-likeness (QED) is 0.170. The van der Waals surface area contributed by atoms with Gasteiger partial charge in [-0.05, 0) is 59.7 Å². The van der Waals surface area contributed by atoms with Gasteiger partial charge in [-0.1, -0.05) is 146 Å². The molecule has 0 unspecified atom stereocenters. The maximum atomic E-state index is 10.5. The molecular weight excluding hydrogens is 709 g/mol. The van der Waals surface area contributed by atoms with E-state index in [2.05, 4.69) is 137 Å². The lowest BCUT2D eigenvalue weighted by atomic mass is 9.98. The summed E-state index contributed by atoms with van der Waals surface area (Å²) in [6, 6.07) is 69.1. The van der Waals surface area contributed by atoms with Crippen LogP contribution in [0.3, 0.4) is 0 Å². The lowest BCUT2D eigenvalue weighted by molar-refractivity contribution is 1.06. The Bertz CT molecular complexity index is 3240. The molecule has 3 aromatic heterocycles. The molecule has 3 heterocycles. The van der Waals surface area contributed by atoms with Crippen LogP contribution in [-0.4, -0.2) is 24.1 Å². The Morgan fingerprint density at radius 1 is 0.345 bits per heavy atom. The first-order valence-electron chi connectivity index (χ1n) is 19.3.